The zero-order chi connectivity index (χ0) is 15.5. The molecule has 1 heterocycles. The number of carbonyl (C=O) groups is 1. The number of halogens is 2. The van der Waals surface area contributed by atoms with E-state index in [4.69, 9.17) is 23.2 Å². The molecule has 1 aliphatic rings. The second-order valence-electron chi connectivity index (χ2n) is 5.49. The molecule has 1 aromatic heterocycles. The highest BCUT2D eigenvalue weighted by molar-refractivity contribution is 7.14. The van der Waals surface area contributed by atoms with Crippen LogP contribution in [0.4, 0.5) is 5.13 Å². The fourth-order valence-corrected chi connectivity index (χ4v) is 3.71. The number of anilines is 1. The van der Waals surface area contributed by atoms with E-state index in [2.05, 4.69) is 10.3 Å². The van der Waals surface area contributed by atoms with Gasteiger partial charge in [0.05, 0.1) is 15.7 Å². The van der Waals surface area contributed by atoms with Crippen LogP contribution in [0.5, 0.6) is 0 Å². The zero-order valence-electron chi connectivity index (χ0n) is 11.9. The maximum Gasteiger partial charge on any atom is 0.229 e. The predicted molar refractivity (Wildman–Crippen MR) is 92.8 cm³/mol. The normalized spacial score (nSPS) is 15.7. The summed E-state index contributed by atoms with van der Waals surface area (Å²) in [6.45, 7) is 0. The Labute approximate surface area is 143 Å². The number of amides is 1. The minimum Gasteiger partial charge on any atom is -0.302 e. The van der Waals surface area contributed by atoms with Crippen LogP contribution in [0, 0.1) is 5.92 Å². The Kier molecular flexibility index (Phi) is 5.01. The number of hydrogen-bond acceptors (Lipinski definition) is 3. The third kappa shape index (κ3) is 3.62. The molecule has 1 N–H and O–H groups in total. The Hall–Kier alpha value is -1.10. The summed E-state index contributed by atoms with van der Waals surface area (Å²) < 4.78 is 0. The second-order valence-corrected chi connectivity index (χ2v) is 7.16. The lowest BCUT2D eigenvalue weighted by Gasteiger charge is -2.19. The average Bonchev–Trinajstić information content (AvgIpc) is 2.99. The lowest BCUT2D eigenvalue weighted by molar-refractivity contribution is -0.120. The molecule has 0 spiro atoms. The number of benzene rings is 1. The summed E-state index contributed by atoms with van der Waals surface area (Å²) in [7, 11) is 0. The average molecular weight is 355 g/mol. The van der Waals surface area contributed by atoms with Gasteiger partial charge in [0, 0.05) is 16.9 Å². The van der Waals surface area contributed by atoms with Crippen molar-refractivity contribution in [1.82, 2.24) is 4.98 Å². The van der Waals surface area contributed by atoms with Gasteiger partial charge in [-0.25, -0.2) is 4.98 Å². The van der Waals surface area contributed by atoms with Crippen molar-refractivity contribution in [2.24, 2.45) is 5.92 Å². The van der Waals surface area contributed by atoms with Crippen LogP contribution in [0.1, 0.15) is 32.1 Å². The first-order valence-electron chi connectivity index (χ1n) is 7.35. The number of rotatable bonds is 3. The lowest BCUT2D eigenvalue weighted by Crippen LogP contribution is -2.24. The van der Waals surface area contributed by atoms with Crippen molar-refractivity contribution in [3.63, 3.8) is 0 Å². The molecule has 3 nitrogen and oxygen atoms in total. The minimum atomic E-state index is 0.0924. The van der Waals surface area contributed by atoms with Gasteiger partial charge in [0.2, 0.25) is 5.91 Å². The highest BCUT2D eigenvalue weighted by Crippen LogP contribution is 2.31. The molecule has 0 unspecified atom stereocenters. The number of aromatic nitrogens is 1. The van der Waals surface area contributed by atoms with Crippen LogP contribution >= 0.6 is 34.5 Å². The quantitative estimate of drug-likeness (QED) is 0.775. The van der Waals surface area contributed by atoms with Crippen molar-refractivity contribution < 1.29 is 4.79 Å². The monoisotopic (exact) mass is 354 g/mol. The molecule has 0 bridgehead atoms. The number of carbonyl (C=O) groups excluding carboxylic acids is 1. The molecule has 0 radical (unpaired) electrons. The van der Waals surface area contributed by atoms with Crippen molar-refractivity contribution in [2.75, 3.05) is 5.32 Å². The highest BCUT2D eigenvalue weighted by Gasteiger charge is 2.21. The molecule has 0 aliphatic heterocycles. The Bertz CT molecular complexity index is 681. The van der Waals surface area contributed by atoms with E-state index in [1.54, 1.807) is 12.1 Å². The third-order valence-electron chi connectivity index (χ3n) is 3.93. The first-order chi connectivity index (χ1) is 10.6. The number of thiazole rings is 1. The summed E-state index contributed by atoms with van der Waals surface area (Å²) in [4.78, 5) is 16.7. The molecule has 22 heavy (non-hydrogen) atoms. The summed E-state index contributed by atoms with van der Waals surface area (Å²) >= 11 is 13.4. The van der Waals surface area contributed by atoms with Crippen molar-refractivity contribution in [3.05, 3.63) is 33.6 Å². The van der Waals surface area contributed by atoms with Gasteiger partial charge in [0.15, 0.2) is 5.13 Å². The van der Waals surface area contributed by atoms with Gasteiger partial charge in [0.1, 0.15) is 0 Å². The van der Waals surface area contributed by atoms with Crippen LogP contribution in [-0.2, 0) is 4.79 Å². The molecule has 6 heteroatoms. The van der Waals surface area contributed by atoms with E-state index in [9.17, 15) is 4.79 Å². The standard InChI is InChI=1S/C16H16Cl2N2OS/c17-12-7-6-11(8-13(12)18)14-9-22-16(19-14)20-15(21)10-4-2-1-3-5-10/h6-10H,1-5H2,(H,19,20,21). The second kappa shape index (κ2) is 6.99. The molecule has 2 aromatic rings. The maximum absolute atomic E-state index is 12.2. The van der Waals surface area contributed by atoms with E-state index in [1.807, 2.05) is 11.4 Å². The summed E-state index contributed by atoms with van der Waals surface area (Å²) in [6, 6.07) is 5.40. The molecule has 1 fully saturated rings. The van der Waals surface area contributed by atoms with Crippen LogP contribution in [0.25, 0.3) is 11.3 Å². The van der Waals surface area contributed by atoms with E-state index in [1.165, 1.54) is 17.8 Å². The van der Waals surface area contributed by atoms with Gasteiger partial charge < -0.3 is 5.32 Å². The van der Waals surface area contributed by atoms with Gasteiger partial charge in [-0.05, 0) is 25.0 Å². The van der Waals surface area contributed by atoms with E-state index in [0.717, 1.165) is 36.9 Å². The van der Waals surface area contributed by atoms with Crippen molar-refractivity contribution in [3.8, 4) is 11.3 Å². The van der Waals surface area contributed by atoms with E-state index in [-0.39, 0.29) is 11.8 Å². The molecular weight excluding hydrogens is 339 g/mol. The number of nitrogens with one attached hydrogen (secondary N) is 1. The topological polar surface area (TPSA) is 42.0 Å². The molecule has 1 aromatic carbocycles. The smallest absolute Gasteiger partial charge is 0.229 e. The largest absolute Gasteiger partial charge is 0.302 e. The Morgan fingerprint density at radius 2 is 1.95 bits per heavy atom. The Morgan fingerprint density at radius 3 is 2.68 bits per heavy atom. The Balaban J connectivity index is 1.70. The molecular formula is C16H16Cl2N2OS. The van der Waals surface area contributed by atoms with Gasteiger partial charge in [-0.1, -0.05) is 48.5 Å². The van der Waals surface area contributed by atoms with Gasteiger partial charge >= 0.3 is 0 Å². The van der Waals surface area contributed by atoms with Gasteiger partial charge in [-0.2, -0.15) is 0 Å². The molecule has 1 aliphatic carbocycles. The lowest BCUT2D eigenvalue weighted by atomic mass is 9.89. The predicted octanol–water partition coefficient (Wildman–Crippen LogP) is 5.64. The van der Waals surface area contributed by atoms with Gasteiger partial charge in [-0.3, -0.25) is 4.79 Å². The van der Waals surface area contributed by atoms with E-state index < -0.39 is 0 Å². The first-order valence-corrected chi connectivity index (χ1v) is 8.99. The summed E-state index contributed by atoms with van der Waals surface area (Å²) in [5.41, 5.74) is 1.69. The molecule has 3 rings (SSSR count). The molecule has 1 amide bonds. The Morgan fingerprint density at radius 1 is 1.18 bits per heavy atom. The van der Waals surface area contributed by atoms with Gasteiger partial charge in [0.25, 0.3) is 0 Å². The summed E-state index contributed by atoms with van der Waals surface area (Å²) in [5.74, 6) is 0.223. The molecule has 0 atom stereocenters. The molecule has 116 valence electrons. The van der Waals surface area contributed by atoms with Crippen LogP contribution in [0.3, 0.4) is 0 Å². The highest BCUT2D eigenvalue weighted by atomic mass is 35.5. The third-order valence-corrected chi connectivity index (χ3v) is 5.42. The van der Waals surface area contributed by atoms with Crippen LogP contribution in [0.2, 0.25) is 10.0 Å². The fourth-order valence-electron chi connectivity index (χ4n) is 2.69. The summed E-state index contributed by atoms with van der Waals surface area (Å²) in [6.07, 6.45) is 5.49. The summed E-state index contributed by atoms with van der Waals surface area (Å²) in [5, 5.41) is 6.51. The number of nitrogens with zero attached hydrogens (tertiary/aromatic N) is 1. The van der Waals surface area contributed by atoms with Crippen molar-refractivity contribution in [1.29, 1.82) is 0 Å². The van der Waals surface area contributed by atoms with Crippen molar-refractivity contribution >= 4 is 45.6 Å². The van der Waals surface area contributed by atoms with E-state index in [0.29, 0.717) is 15.2 Å². The maximum atomic E-state index is 12.2. The van der Waals surface area contributed by atoms with Gasteiger partial charge in [-0.15, -0.1) is 11.3 Å². The fraction of sp³-hybridized carbons (Fsp3) is 0.375. The van der Waals surface area contributed by atoms with Crippen LogP contribution in [0.15, 0.2) is 23.6 Å². The van der Waals surface area contributed by atoms with Crippen LogP contribution < -0.4 is 5.32 Å². The van der Waals surface area contributed by atoms with Crippen molar-refractivity contribution in [2.45, 2.75) is 32.1 Å². The zero-order valence-corrected chi connectivity index (χ0v) is 14.3. The van der Waals surface area contributed by atoms with E-state index >= 15 is 0 Å². The molecule has 1 saturated carbocycles. The SMILES string of the molecule is O=C(Nc1nc(-c2ccc(Cl)c(Cl)c2)cs1)C1CCCCC1. The van der Waals surface area contributed by atoms with Crippen LogP contribution in [-0.4, -0.2) is 10.9 Å². The first kappa shape index (κ1) is 15.8. The minimum absolute atomic E-state index is 0.0924. The molecule has 0 saturated heterocycles. The number of hydrogen-bond donors (Lipinski definition) is 1.